The summed E-state index contributed by atoms with van der Waals surface area (Å²) in [4.78, 5) is 16.6. The molecule has 1 saturated carbocycles. The second-order valence-corrected chi connectivity index (χ2v) is 8.04. The molecule has 1 aliphatic carbocycles. The van der Waals surface area contributed by atoms with E-state index in [-0.39, 0.29) is 6.42 Å². The highest BCUT2D eigenvalue weighted by Gasteiger charge is 2.68. The molecule has 0 aromatic carbocycles. The first-order chi connectivity index (χ1) is 9.52. The Labute approximate surface area is 123 Å². The monoisotopic (exact) mass is 313 g/mol. The van der Waals surface area contributed by atoms with E-state index in [0.717, 1.165) is 4.90 Å². The highest BCUT2D eigenvalue weighted by Crippen LogP contribution is 2.55. The summed E-state index contributed by atoms with van der Waals surface area (Å²) in [6, 6.07) is 2.51. The van der Waals surface area contributed by atoms with Gasteiger partial charge in [0, 0.05) is 17.9 Å². The molecule has 0 saturated heterocycles. The average molecular weight is 313 g/mol. The first kappa shape index (κ1) is 15.7. The Hall–Kier alpha value is -1.67. The molecule has 1 amide bonds. The molecule has 0 spiro atoms. The van der Waals surface area contributed by atoms with Gasteiger partial charge in [-0.3, -0.25) is 9.88 Å². The maximum atomic E-state index is 12.1. The van der Waals surface area contributed by atoms with E-state index in [1.165, 1.54) is 12.4 Å². The normalized spacial score (nSPS) is 25.4. The van der Waals surface area contributed by atoms with Crippen LogP contribution in [0.15, 0.2) is 24.5 Å². The van der Waals surface area contributed by atoms with Gasteiger partial charge in [0.05, 0.1) is 6.04 Å². The van der Waals surface area contributed by atoms with Gasteiger partial charge in [0.15, 0.2) is 0 Å². The van der Waals surface area contributed by atoms with Crippen LogP contribution in [-0.2, 0) is 14.8 Å². The molecule has 1 heterocycles. The topological polar surface area (TPSA) is 114 Å². The zero-order valence-electron chi connectivity index (χ0n) is 12.1. The van der Waals surface area contributed by atoms with E-state index in [2.05, 4.69) is 4.98 Å². The molecule has 2 rings (SSSR count). The number of sulfonamides is 1. The number of pyridine rings is 1. The molecule has 0 bridgehead atoms. The molecule has 7 nitrogen and oxygen atoms in total. The Morgan fingerprint density at radius 3 is 2.52 bits per heavy atom. The highest BCUT2D eigenvalue weighted by molar-refractivity contribution is 7.90. The molecule has 2 unspecified atom stereocenters. The van der Waals surface area contributed by atoms with Gasteiger partial charge in [-0.05, 0) is 38.8 Å². The number of carbonyl (C=O) groups is 1. The van der Waals surface area contributed by atoms with Crippen molar-refractivity contribution in [3.8, 4) is 0 Å². The molecule has 116 valence electrons. The lowest BCUT2D eigenvalue weighted by molar-refractivity contribution is 0.0927. The van der Waals surface area contributed by atoms with Crippen LogP contribution in [0.5, 0.6) is 0 Å². The minimum atomic E-state index is -3.98. The van der Waals surface area contributed by atoms with Crippen LogP contribution in [0.2, 0.25) is 0 Å². The molecule has 3 N–H and O–H groups in total. The van der Waals surface area contributed by atoms with Crippen molar-refractivity contribution in [2.45, 2.75) is 43.5 Å². The van der Waals surface area contributed by atoms with E-state index in [0.29, 0.717) is 5.56 Å². The van der Waals surface area contributed by atoms with Crippen LogP contribution in [0, 0.1) is 0 Å². The molecule has 1 aromatic rings. The SMILES string of the molecule is CC(C)(C)N(C(=O)O)C1CC1(c1cccnc1)S(N)(=O)=O. The van der Waals surface area contributed by atoms with Crippen molar-refractivity contribution in [2.24, 2.45) is 5.14 Å². The van der Waals surface area contributed by atoms with Crippen molar-refractivity contribution in [1.29, 1.82) is 0 Å². The second-order valence-electron chi connectivity index (χ2n) is 6.22. The van der Waals surface area contributed by atoms with Gasteiger partial charge in [-0.25, -0.2) is 18.4 Å². The number of aromatic nitrogens is 1. The van der Waals surface area contributed by atoms with Gasteiger partial charge in [0.2, 0.25) is 10.0 Å². The number of hydrogen-bond donors (Lipinski definition) is 2. The highest BCUT2D eigenvalue weighted by atomic mass is 32.2. The standard InChI is InChI=1S/C13H19N3O4S/c1-12(2,3)16(11(17)18)10-7-13(10,21(14,19)20)9-5-4-6-15-8-9/h4-6,8,10H,7H2,1-3H3,(H,17,18)(H2,14,19,20). The number of primary sulfonamides is 1. The Kier molecular flexibility index (Phi) is 3.50. The molecule has 0 radical (unpaired) electrons. The zero-order valence-corrected chi connectivity index (χ0v) is 13.0. The second kappa shape index (κ2) is 4.67. The lowest BCUT2D eigenvalue weighted by Gasteiger charge is -2.35. The van der Waals surface area contributed by atoms with Crippen LogP contribution in [0.4, 0.5) is 4.79 Å². The van der Waals surface area contributed by atoms with E-state index >= 15 is 0 Å². The lowest BCUT2D eigenvalue weighted by Crippen LogP contribution is -2.50. The van der Waals surface area contributed by atoms with Gasteiger partial charge < -0.3 is 5.11 Å². The van der Waals surface area contributed by atoms with Gasteiger partial charge in [-0.1, -0.05) is 6.07 Å². The zero-order chi connectivity index (χ0) is 16.1. The number of amides is 1. The van der Waals surface area contributed by atoms with Crippen molar-refractivity contribution < 1.29 is 18.3 Å². The van der Waals surface area contributed by atoms with Crippen LogP contribution in [-0.4, -0.2) is 41.1 Å². The van der Waals surface area contributed by atoms with Crippen molar-refractivity contribution in [2.75, 3.05) is 0 Å². The molecular formula is C13H19N3O4S. The van der Waals surface area contributed by atoms with Gasteiger partial charge >= 0.3 is 6.09 Å². The van der Waals surface area contributed by atoms with Crippen molar-refractivity contribution in [1.82, 2.24) is 9.88 Å². The summed E-state index contributed by atoms with van der Waals surface area (Å²) < 4.78 is 22.8. The maximum Gasteiger partial charge on any atom is 0.408 e. The Balaban J connectivity index is 2.53. The molecule has 1 fully saturated rings. The van der Waals surface area contributed by atoms with E-state index in [1.807, 2.05) is 0 Å². The van der Waals surface area contributed by atoms with Crippen LogP contribution in [0.25, 0.3) is 0 Å². The van der Waals surface area contributed by atoms with Gasteiger partial charge in [-0.2, -0.15) is 0 Å². The maximum absolute atomic E-state index is 12.1. The predicted octanol–water partition coefficient (Wildman–Crippen LogP) is 1.12. The average Bonchev–Trinajstić information content (AvgIpc) is 3.03. The van der Waals surface area contributed by atoms with E-state index in [9.17, 15) is 18.3 Å². The summed E-state index contributed by atoms with van der Waals surface area (Å²) in [5, 5.41) is 14.8. The molecular weight excluding hydrogens is 294 g/mol. The van der Waals surface area contributed by atoms with Gasteiger partial charge in [-0.15, -0.1) is 0 Å². The fraction of sp³-hybridized carbons (Fsp3) is 0.538. The largest absolute Gasteiger partial charge is 0.465 e. The van der Waals surface area contributed by atoms with Gasteiger partial charge in [0.1, 0.15) is 4.75 Å². The van der Waals surface area contributed by atoms with E-state index in [1.54, 1.807) is 32.9 Å². The molecule has 21 heavy (non-hydrogen) atoms. The summed E-state index contributed by atoms with van der Waals surface area (Å²) in [6.07, 6.45) is 1.92. The third-order valence-electron chi connectivity index (χ3n) is 3.77. The summed E-state index contributed by atoms with van der Waals surface area (Å²) in [5.41, 5.74) is -0.307. The third kappa shape index (κ3) is 2.49. The lowest BCUT2D eigenvalue weighted by atomic mass is 10.1. The first-order valence-electron chi connectivity index (χ1n) is 6.47. The molecule has 8 heteroatoms. The van der Waals surface area contributed by atoms with E-state index in [4.69, 9.17) is 5.14 Å². The van der Waals surface area contributed by atoms with Crippen LogP contribution < -0.4 is 5.14 Å². The third-order valence-corrected chi connectivity index (χ3v) is 5.46. The van der Waals surface area contributed by atoms with Crippen molar-refractivity contribution in [3.05, 3.63) is 30.1 Å². The summed E-state index contributed by atoms with van der Waals surface area (Å²) >= 11 is 0. The quantitative estimate of drug-likeness (QED) is 0.868. The van der Waals surface area contributed by atoms with Gasteiger partial charge in [0.25, 0.3) is 0 Å². The predicted molar refractivity (Wildman–Crippen MR) is 77.0 cm³/mol. The Morgan fingerprint density at radius 2 is 2.14 bits per heavy atom. The summed E-state index contributed by atoms with van der Waals surface area (Å²) in [7, 11) is -3.98. The molecule has 0 aliphatic heterocycles. The Morgan fingerprint density at radius 1 is 1.52 bits per heavy atom. The molecule has 1 aliphatic rings. The Bertz CT molecular complexity index is 654. The number of rotatable bonds is 3. The van der Waals surface area contributed by atoms with Crippen LogP contribution in [0.3, 0.4) is 0 Å². The van der Waals surface area contributed by atoms with Crippen molar-refractivity contribution >= 4 is 16.1 Å². The van der Waals surface area contributed by atoms with Crippen LogP contribution in [0.1, 0.15) is 32.8 Å². The fourth-order valence-corrected chi connectivity index (χ4v) is 4.13. The number of carboxylic acid groups (broad SMARTS) is 1. The fourth-order valence-electron chi connectivity index (χ4n) is 2.81. The number of nitrogens with two attached hydrogens (primary N) is 1. The number of nitrogens with zero attached hydrogens (tertiary/aromatic N) is 2. The number of hydrogen-bond acceptors (Lipinski definition) is 4. The van der Waals surface area contributed by atoms with Crippen molar-refractivity contribution in [3.63, 3.8) is 0 Å². The molecule has 2 atom stereocenters. The first-order valence-corrected chi connectivity index (χ1v) is 8.01. The minimum absolute atomic E-state index is 0.140. The van der Waals surface area contributed by atoms with E-state index < -0.39 is 32.4 Å². The molecule has 1 aromatic heterocycles. The van der Waals surface area contributed by atoms with Crippen LogP contribution >= 0.6 is 0 Å². The minimum Gasteiger partial charge on any atom is -0.465 e. The summed E-state index contributed by atoms with van der Waals surface area (Å²) in [5.74, 6) is 0. The smallest absolute Gasteiger partial charge is 0.408 e. The summed E-state index contributed by atoms with van der Waals surface area (Å²) in [6.45, 7) is 5.16.